The second kappa shape index (κ2) is 18.0. The van der Waals surface area contributed by atoms with E-state index >= 15 is 0 Å². The Hall–Kier alpha value is -2.52. The van der Waals surface area contributed by atoms with Crippen LogP contribution in [0.1, 0.15) is 111 Å². The Morgan fingerprint density at radius 2 is 1.53 bits per heavy atom. The zero-order valence-electron chi connectivity index (χ0n) is 27.6. The summed E-state index contributed by atoms with van der Waals surface area (Å²) in [5.74, 6) is 1.07. The molecule has 0 spiro atoms. The monoisotopic (exact) mass is 649 g/mol. The van der Waals surface area contributed by atoms with Crippen LogP contribution in [0.25, 0.3) is 22.1 Å². The number of aromatic nitrogens is 1. The van der Waals surface area contributed by atoms with E-state index in [0.29, 0.717) is 30.2 Å². The minimum Gasteiger partial charge on any atom is -0.478 e. The fourth-order valence-electron chi connectivity index (χ4n) is 5.16. The first-order chi connectivity index (χ1) is 21.4. The molecule has 0 radical (unpaired) electrons. The zero-order valence-corrected chi connectivity index (χ0v) is 28.4. The molecule has 0 saturated carbocycles. The van der Waals surface area contributed by atoms with E-state index in [4.69, 9.17) is 13.9 Å². The van der Waals surface area contributed by atoms with Crippen molar-refractivity contribution in [1.82, 2.24) is 4.98 Å². The summed E-state index contributed by atoms with van der Waals surface area (Å²) in [4.78, 5) is 17.1. The van der Waals surface area contributed by atoms with Gasteiger partial charge < -0.3 is 13.9 Å². The number of rotatable bonds is 20. The summed E-state index contributed by atoms with van der Waals surface area (Å²) in [5, 5.41) is 0.512. The fraction of sp³-hybridized carbons (Fsp3) is 0.611. The van der Waals surface area contributed by atoms with Crippen LogP contribution in [0.2, 0.25) is 0 Å². The van der Waals surface area contributed by atoms with Gasteiger partial charge in [-0.15, -0.1) is 0 Å². The second-order valence-electron chi connectivity index (χ2n) is 12.8. The zero-order chi connectivity index (χ0) is 32.9. The minimum atomic E-state index is -4.48. The van der Waals surface area contributed by atoms with Crippen molar-refractivity contribution < 1.29 is 27.1 Å². The molecule has 0 N–H and O–H groups in total. The Morgan fingerprint density at radius 1 is 0.889 bits per heavy atom. The minimum absolute atomic E-state index is 0.0191. The molecule has 45 heavy (non-hydrogen) atoms. The summed E-state index contributed by atoms with van der Waals surface area (Å²) >= 11 is -0.228. The second-order valence-corrected chi connectivity index (χ2v) is 13.9. The number of hydrogen-bond acceptors (Lipinski definition) is 6. The molecule has 3 aromatic rings. The first kappa shape index (κ1) is 36.9. The Morgan fingerprint density at radius 3 is 2.16 bits per heavy atom. The largest absolute Gasteiger partial charge is 0.478 e. The average Bonchev–Trinajstić information content (AvgIpc) is 2.97. The molecular weight excluding hydrogens is 599 g/mol. The third-order valence-electron chi connectivity index (χ3n) is 7.92. The molecule has 0 saturated heterocycles. The molecule has 0 aliphatic carbocycles. The predicted molar refractivity (Wildman–Crippen MR) is 178 cm³/mol. The first-order valence-electron chi connectivity index (χ1n) is 16.5. The Bertz CT molecular complexity index is 1390. The topological polar surface area (TPSA) is 61.6 Å². The van der Waals surface area contributed by atoms with E-state index in [1.54, 1.807) is 18.2 Å². The van der Waals surface area contributed by atoms with Gasteiger partial charge in [-0.25, -0.2) is 9.78 Å². The number of aryl methyl sites for hydroxylation is 1. The lowest BCUT2D eigenvalue weighted by Crippen LogP contribution is -2.25. The molecule has 0 atom stereocenters. The maximum atomic E-state index is 13.2. The number of nitrogens with zero attached hydrogens (tertiary/aromatic N) is 1. The first-order valence-corrected chi connectivity index (χ1v) is 17.3. The van der Waals surface area contributed by atoms with Crippen LogP contribution in [0, 0.1) is 5.92 Å². The average molecular weight is 650 g/mol. The lowest BCUT2D eigenvalue weighted by atomic mass is 9.97. The van der Waals surface area contributed by atoms with Crippen molar-refractivity contribution in [2.45, 2.75) is 128 Å². The van der Waals surface area contributed by atoms with Crippen molar-refractivity contribution in [1.29, 1.82) is 0 Å². The highest BCUT2D eigenvalue weighted by atomic mass is 32.2. The summed E-state index contributed by atoms with van der Waals surface area (Å²) in [5.41, 5.74) is -3.91. The van der Waals surface area contributed by atoms with Gasteiger partial charge in [-0.3, -0.25) is 0 Å². The van der Waals surface area contributed by atoms with Crippen LogP contribution >= 0.6 is 11.8 Å². The van der Waals surface area contributed by atoms with E-state index in [2.05, 4.69) is 32.7 Å². The summed E-state index contributed by atoms with van der Waals surface area (Å²) in [6.07, 6.45) is 14.9. The molecule has 3 rings (SSSR count). The lowest BCUT2D eigenvalue weighted by molar-refractivity contribution is -0.0328. The van der Waals surface area contributed by atoms with Crippen LogP contribution in [0.5, 0.6) is 5.88 Å². The lowest BCUT2D eigenvalue weighted by Gasteiger charge is -2.26. The number of fused-ring (bicyclic) bond motifs is 1. The molecule has 250 valence electrons. The van der Waals surface area contributed by atoms with Crippen LogP contribution in [-0.4, -0.2) is 29.3 Å². The number of ether oxygens (including phenoxy) is 2. The maximum absolute atomic E-state index is 13.2. The van der Waals surface area contributed by atoms with Crippen LogP contribution in [-0.2, 0) is 11.2 Å². The van der Waals surface area contributed by atoms with Crippen LogP contribution in [0.4, 0.5) is 13.2 Å². The predicted octanol–water partition coefficient (Wildman–Crippen LogP) is 11.2. The van der Waals surface area contributed by atoms with Crippen molar-refractivity contribution in [2.75, 3.05) is 13.2 Å². The number of pyridine rings is 1. The molecule has 0 bridgehead atoms. The fourth-order valence-corrected chi connectivity index (χ4v) is 5.90. The van der Waals surface area contributed by atoms with E-state index in [1.807, 2.05) is 6.92 Å². The van der Waals surface area contributed by atoms with E-state index in [9.17, 15) is 18.0 Å². The van der Waals surface area contributed by atoms with Gasteiger partial charge in [0.2, 0.25) is 5.88 Å². The number of alkyl halides is 3. The molecule has 2 aromatic heterocycles. The van der Waals surface area contributed by atoms with Crippen molar-refractivity contribution >= 4 is 22.7 Å². The molecule has 0 fully saturated rings. The SMILES string of the molecule is CCc1ccc(-c2cc3cnc(OCCCCCCCCCCCOC(C)(C)CCC(C)C)cc3oc2=O)c(SC(F)(F)F)c1. The normalized spacial score (nSPS) is 12.4. The number of hydrogen-bond donors (Lipinski definition) is 0. The molecule has 1 aromatic carbocycles. The molecule has 0 amide bonds. The Labute approximate surface area is 270 Å². The van der Waals surface area contributed by atoms with Gasteiger partial charge in [-0.1, -0.05) is 77.8 Å². The molecule has 0 aliphatic rings. The van der Waals surface area contributed by atoms with E-state index in [-0.39, 0.29) is 39.0 Å². The number of unbranched alkanes of at least 4 members (excludes halogenated alkanes) is 8. The third-order valence-corrected chi connectivity index (χ3v) is 8.71. The van der Waals surface area contributed by atoms with E-state index in [1.165, 1.54) is 56.9 Å². The molecule has 0 aliphatic heterocycles. The van der Waals surface area contributed by atoms with Crippen molar-refractivity contribution in [3.05, 3.63) is 52.5 Å². The van der Waals surface area contributed by atoms with Crippen LogP contribution < -0.4 is 10.4 Å². The summed E-state index contributed by atoms with van der Waals surface area (Å²) in [6, 6.07) is 7.83. The van der Waals surface area contributed by atoms with Crippen molar-refractivity contribution in [3.63, 3.8) is 0 Å². The van der Waals surface area contributed by atoms with Crippen molar-refractivity contribution in [3.8, 4) is 17.0 Å². The number of benzene rings is 1. The standard InChI is InChI=1S/C36H50F3NO4S/c1-6-27-16-17-29(32(22-27)45-36(37,38)39)30-23-28-25-40-33(24-31(28)44-34(30)41)42-20-14-12-10-8-7-9-11-13-15-21-43-35(4,5)19-18-26(2)3/h16-17,22-26H,6-15,18-21H2,1-5H3. The highest BCUT2D eigenvalue weighted by Gasteiger charge is 2.31. The summed E-state index contributed by atoms with van der Waals surface area (Å²) in [6.45, 7) is 12.1. The van der Waals surface area contributed by atoms with Gasteiger partial charge in [-0.2, -0.15) is 13.2 Å². The number of thioether (sulfide) groups is 1. The highest BCUT2D eigenvalue weighted by Crippen LogP contribution is 2.42. The molecule has 9 heteroatoms. The number of halogens is 3. The maximum Gasteiger partial charge on any atom is 0.446 e. The van der Waals surface area contributed by atoms with Crippen LogP contribution in [0.3, 0.4) is 0 Å². The van der Waals surface area contributed by atoms with Crippen molar-refractivity contribution in [2.24, 2.45) is 5.92 Å². The summed E-state index contributed by atoms with van der Waals surface area (Å²) in [7, 11) is 0. The molecule has 2 heterocycles. The van der Waals surface area contributed by atoms with Crippen LogP contribution in [0.15, 0.2) is 50.6 Å². The smallest absolute Gasteiger partial charge is 0.446 e. The molecular formula is C36H50F3NO4S. The van der Waals surface area contributed by atoms with E-state index < -0.39 is 11.1 Å². The van der Waals surface area contributed by atoms with Gasteiger partial charge in [0, 0.05) is 34.7 Å². The third kappa shape index (κ3) is 13.4. The van der Waals surface area contributed by atoms with E-state index in [0.717, 1.165) is 44.3 Å². The molecule has 0 unspecified atom stereocenters. The van der Waals surface area contributed by atoms with Gasteiger partial charge in [0.1, 0.15) is 5.58 Å². The highest BCUT2D eigenvalue weighted by molar-refractivity contribution is 8.00. The Kier molecular flexibility index (Phi) is 14.8. The van der Waals surface area contributed by atoms with Gasteiger partial charge >= 0.3 is 11.1 Å². The summed E-state index contributed by atoms with van der Waals surface area (Å²) < 4.78 is 57.1. The van der Waals surface area contributed by atoms with Gasteiger partial charge in [0.05, 0.1) is 17.8 Å². The van der Waals surface area contributed by atoms with Gasteiger partial charge in [0.15, 0.2) is 0 Å². The van der Waals surface area contributed by atoms with Gasteiger partial charge in [-0.05, 0) is 81.3 Å². The molecule has 5 nitrogen and oxygen atoms in total. The quantitative estimate of drug-likeness (QED) is 0.0896. The van der Waals surface area contributed by atoms with Gasteiger partial charge in [0.25, 0.3) is 0 Å². The Balaban J connectivity index is 1.36.